The fourth-order valence-corrected chi connectivity index (χ4v) is 3.42. The molecule has 0 amide bonds. The minimum absolute atomic E-state index is 0.188. The molecule has 0 radical (unpaired) electrons. The number of rotatable bonds is 2. The summed E-state index contributed by atoms with van der Waals surface area (Å²) in [5, 5.41) is 10.3. The van der Waals surface area contributed by atoms with Crippen LogP contribution in [0.4, 0.5) is 4.39 Å². The minimum Gasteiger partial charge on any atom is -0.388 e. The van der Waals surface area contributed by atoms with Crippen molar-refractivity contribution in [2.75, 3.05) is 0 Å². The van der Waals surface area contributed by atoms with Crippen LogP contribution < -0.4 is 0 Å². The number of fused-ring (bicyclic) bond motifs is 1. The number of aliphatic hydroxyl groups excluding tert-OH is 1. The van der Waals surface area contributed by atoms with Gasteiger partial charge >= 0.3 is 0 Å². The van der Waals surface area contributed by atoms with Gasteiger partial charge in [0.05, 0.1) is 6.10 Å². The van der Waals surface area contributed by atoms with Gasteiger partial charge in [0, 0.05) is 0 Å². The second-order valence-electron chi connectivity index (χ2n) is 5.29. The highest BCUT2D eigenvalue weighted by Gasteiger charge is 2.55. The summed E-state index contributed by atoms with van der Waals surface area (Å²) >= 11 is 0. The Hall–Kier alpha value is -0.890. The van der Waals surface area contributed by atoms with Crippen LogP contribution in [0.5, 0.6) is 0 Å². The molecular formula is C14H17FO. The molecule has 0 spiro atoms. The van der Waals surface area contributed by atoms with Gasteiger partial charge in [-0.05, 0) is 54.7 Å². The summed E-state index contributed by atoms with van der Waals surface area (Å²) in [7, 11) is 0. The van der Waals surface area contributed by atoms with Crippen molar-refractivity contribution in [2.45, 2.75) is 32.3 Å². The Morgan fingerprint density at radius 3 is 2.62 bits per heavy atom. The summed E-state index contributed by atoms with van der Waals surface area (Å²) in [6.45, 7) is 1.75. The monoisotopic (exact) mass is 220 g/mol. The zero-order chi connectivity index (χ0) is 11.3. The standard InChI is InChI=1S/C14H17FO/c1-8-7-9(5-6-12(8)15)14(16)13-10-3-2-4-11(10)13/h5-7,10-11,13-14,16H,2-4H2,1H3. The predicted octanol–water partition coefficient (Wildman–Crippen LogP) is 3.21. The van der Waals surface area contributed by atoms with Gasteiger partial charge in [-0.2, -0.15) is 0 Å². The maximum atomic E-state index is 13.1. The van der Waals surface area contributed by atoms with Crippen molar-refractivity contribution >= 4 is 0 Å². The van der Waals surface area contributed by atoms with Gasteiger partial charge in [0.1, 0.15) is 5.82 Å². The number of hydrogen-bond donors (Lipinski definition) is 1. The summed E-state index contributed by atoms with van der Waals surface area (Å²) in [5.41, 5.74) is 1.51. The fraction of sp³-hybridized carbons (Fsp3) is 0.571. The number of aryl methyl sites for hydroxylation is 1. The van der Waals surface area contributed by atoms with Crippen molar-refractivity contribution in [3.8, 4) is 0 Å². The molecule has 3 atom stereocenters. The van der Waals surface area contributed by atoms with Gasteiger partial charge in [0.25, 0.3) is 0 Å². The van der Waals surface area contributed by atoms with Crippen LogP contribution in [0.25, 0.3) is 0 Å². The fourth-order valence-electron chi connectivity index (χ4n) is 3.42. The lowest BCUT2D eigenvalue weighted by Gasteiger charge is -2.13. The minimum atomic E-state index is -0.380. The molecule has 0 heterocycles. The Kier molecular flexibility index (Phi) is 2.28. The molecule has 2 aliphatic carbocycles. The first-order valence-corrected chi connectivity index (χ1v) is 6.12. The summed E-state index contributed by atoms with van der Waals surface area (Å²) in [4.78, 5) is 0. The molecule has 2 aliphatic rings. The zero-order valence-electron chi connectivity index (χ0n) is 9.49. The van der Waals surface area contributed by atoms with Crippen LogP contribution in [0.2, 0.25) is 0 Å². The van der Waals surface area contributed by atoms with E-state index in [1.54, 1.807) is 19.1 Å². The molecule has 1 nitrogen and oxygen atoms in total. The van der Waals surface area contributed by atoms with Gasteiger partial charge in [-0.3, -0.25) is 0 Å². The Balaban J connectivity index is 1.79. The first-order valence-electron chi connectivity index (χ1n) is 6.12. The van der Waals surface area contributed by atoms with Gasteiger partial charge < -0.3 is 5.11 Å². The zero-order valence-corrected chi connectivity index (χ0v) is 9.49. The molecular weight excluding hydrogens is 203 g/mol. The molecule has 0 bridgehead atoms. The second kappa shape index (κ2) is 3.56. The summed E-state index contributed by atoms with van der Waals surface area (Å²) in [5.74, 6) is 1.73. The van der Waals surface area contributed by atoms with Crippen LogP contribution >= 0.6 is 0 Å². The highest BCUT2D eigenvalue weighted by Crippen LogP contribution is 2.62. The molecule has 0 aliphatic heterocycles. The lowest BCUT2D eigenvalue weighted by atomic mass is 9.98. The van der Waals surface area contributed by atoms with Gasteiger partial charge in [0.2, 0.25) is 0 Å². The maximum Gasteiger partial charge on any atom is 0.126 e. The first kappa shape index (κ1) is 10.3. The molecule has 3 unspecified atom stereocenters. The van der Waals surface area contributed by atoms with E-state index in [2.05, 4.69) is 0 Å². The van der Waals surface area contributed by atoms with Gasteiger partial charge in [0.15, 0.2) is 0 Å². The van der Waals surface area contributed by atoms with Gasteiger partial charge in [-0.1, -0.05) is 18.6 Å². The quantitative estimate of drug-likeness (QED) is 0.811. The number of hydrogen-bond acceptors (Lipinski definition) is 1. The summed E-state index contributed by atoms with van der Waals surface area (Å²) < 4.78 is 13.1. The van der Waals surface area contributed by atoms with E-state index in [9.17, 15) is 9.50 Å². The lowest BCUT2D eigenvalue weighted by Crippen LogP contribution is -2.05. The smallest absolute Gasteiger partial charge is 0.126 e. The van der Waals surface area contributed by atoms with Crippen LogP contribution in [-0.2, 0) is 0 Å². The average molecular weight is 220 g/mol. The molecule has 2 heteroatoms. The third kappa shape index (κ3) is 1.47. The second-order valence-corrected chi connectivity index (χ2v) is 5.29. The van der Waals surface area contributed by atoms with E-state index in [-0.39, 0.29) is 11.9 Å². The normalized spacial score (nSPS) is 33.6. The number of benzene rings is 1. The van der Waals surface area contributed by atoms with Gasteiger partial charge in [-0.25, -0.2) is 4.39 Å². The van der Waals surface area contributed by atoms with Gasteiger partial charge in [-0.15, -0.1) is 0 Å². The topological polar surface area (TPSA) is 20.2 Å². The molecule has 16 heavy (non-hydrogen) atoms. The Bertz CT molecular complexity index is 405. The molecule has 86 valence electrons. The van der Waals surface area contributed by atoms with E-state index in [4.69, 9.17) is 0 Å². The van der Waals surface area contributed by atoms with Crippen molar-refractivity contribution in [1.82, 2.24) is 0 Å². The van der Waals surface area contributed by atoms with E-state index in [0.29, 0.717) is 11.5 Å². The average Bonchev–Trinajstić information content (AvgIpc) is 2.74. The first-order chi connectivity index (χ1) is 7.68. The largest absolute Gasteiger partial charge is 0.388 e. The predicted molar refractivity (Wildman–Crippen MR) is 60.4 cm³/mol. The van der Waals surface area contributed by atoms with Crippen molar-refractivity contribution in [1.29, 1.82) is 0 Å². The van der Waals surface area contributed by atoms with E-state index < -0.39 is 0 Å². The molecule has 0 saturated heterocycles. The van der Waals surface area contributed by atoms with Crippen LogP contribution in [0.1, 0.15) is 36.5 Å². The molecule has 3 rings (SSSR count). The molecule has 1 N–H and O–H groups in total. The van der Waals surface area contributed by atoms with E-state index in [1.165, 1.54) is 25.3 Å². The molecule has 0 aromatic heterocycles. The van der Waals surface area contributed by atoms with Crippen molar-refractivity contribution < 1.29 is 9.50 Å². The Morgan fingerprint density at radius 1 is 1.31 bits per heavy atom. The SMILES string of the molecule is Cc1cc(C(O)C2C3CCCC32)ccc1F. The summed E-state index contributed by atoms with van der Waals surface area (Å²) in [6.07, 6.45) is 3.48. The molecule has 2 fully saturated rings. The van der Waals surface area contributed by atoms with Crippen LogP contribution in [-0.4, -0.2) is 5.11 Å². The van der Waals surface area contributed by atoms with E-state index in [1.807, 2.05) is 0 Å². The lowest BCUT2D eigenvalue weighted by molar-refractivity contribution is 0.137. The van der Waals surface area contributed by atoms with Crippen molar-refractivity contribution in [3.05, 3.63) is 35.1 Å². The van der Waals surface area contributed by atoms with E-state index >= 15 is 0 Å². The van der Waals surface area contributed by atoms with Crippen LogP contribution in [0.3, 0.4) is 0 Å². The van der Waals surface area contributed by atoms with Crippen molar-refractivity contribution in [2.24, 2.45) is 17.8 Å². The Labute approximate surface area is 95.3 Å². The molecule has 1 aromatic rings. The Morgan fingerprint density at radius 2 is 2.00 bits per heavy atom. The third-order valence-corrected chi connectivity index (χ3v) is 4.36. The third-order valence-electron chi connectivity index (χ3n) is 4.36. The highest BCUT2D eigenvalue weighted by molar-refractivity contribution is 5.27. The van der Waals surface area contributed by atoms with Crippen LogP contribution in [0, 0.1) is 30.5 Å². The van der Waals surface area contributed by atoms with Crippen LogP contribution in [0.15, 0.2) is 18.2 Å². The van der Waals surface area contributed by atoms with Crippen molar-refractivity contribution in [3.63, 3.8) is 0 Å². The molecule has 2 saturated carbocycles. The number of halogens is 1. The molecule has 1 aromatic carbocycles. The van der Waals surface area contributed by atoms with E-state index in [0.717, 1.165) is 17.4 Å². The highest BCUT2D eigenvalue weighted by atomic mass is 19.1. The number of aliphatic hydroxyl groups is 1. The maximum absolute atomic E-state index is 13.1. The summed E-state index contributed by atoms with van der Waals surface area (Å²) in [6, 6.07) is 4.97.